The van der Waals surface area contributed by atoms with Crippen LogP contribution < -0.4 is 4.74 Å². The van der Waals surface area contributed by atoms with E-state index < -0.39 is 55.5 Å². The van der Waals surface area contributed by atoms with Crippen molar-refractivity contribution in [1.29, 1.82) is 5.26 Å². The highest BCUT2D eigenvalue weighted by molar-refractivity contribution is 7.89. The summed E-state index contributed by atoms with van der Waals surface area (Å²) in [7, 11) is -4.55. The molecule has 0 aromatic heterocycles. The van der Waals surface area contributed by atoms with Gasteiger partial charge in [-0.25, -0.2) is 17.1 Å². The number of nitriles is 1. The van der Waals surface area contributed by atoms with Gasteiger partial charge in [0.05, 0.1) is 17.2 Å². The van der Waals surface area contributed by atoms with E-state index in [0.29, 0.717) is 10.4 Å². The summed E-state index contributed by atoms with van der Waals surface area (Å²) in [5, 5.41) is 8.89. The maximum absolute atomic E-state index is 14.0. The minimum atomic E-state index is -4.83. The van der Waals surface area contributed by atoms with Crippen LogP contribution >= 0.6 is 0 Å². The van der Waals surface area contributed by atoms with Crippen molar-refractivity contribution in [2.45, 2.75) is 31.0 Å². The number of hydrogen-bond donors (Lipinski definition) is 0. The summed E-state index contributed by atoms with van der Waals surface area (Å²) in [6, 6.07) is 8.53. The zero-order valence-electron chi connectivity index (χ0n) is 16.3. The molecule has 0 saturated carbocycles. The summed E-state index contributed by atoms with van der Waals surface area (Å²) in [6.07, 6.45) is -6.29. The lowest BCUT2D eigenvalue weighted by Gasteiger charge is -2.24. The van der Waals surface area contributed by atoms with Gasteiger partial charge in [0.1, 0.15) is 16.5 Å². The van der Waals surface area contributed by atoms with Crippen LogP contribution in [0.4, 0.5) is 17.6 Å². The standard InChI is InChI=1S/C20H16F4N2O4S/c1-19(2)11-26(31(28,29)16-6-4-3-5-15(16)21)18(27)17(19)30-13-8-7-12(10-25)14(9-13)20(22,23)24/h3-9,17H,11H2,1-2H3. The minimum Gasteiger partial charge on any atom is -0.480 e. The molecule has 1 atom stereocenters. The monoisotopic (exact) mass is 456 g/mol. The Balaban J connectivity index is 1.97. The van der Waals surface area contributed by atoms with Gasteiger partial charge in [-0.05, 0) is 30.3 Å². The molecule has 0 spiro atoms. The third-order valence-corrected chi connectivity index (χ3v) is 6.58. The summed E-state index contributed by atoms with van der Waals surface area (Å²) < 4.78 is 85.3. The Labute approximate surface area is 175 Å². The number of carbonyl (C=O) groups is 1. The molecule has 31 heavy (non-hydrogen) atoms. The van der Waals surface area contributed by atoms with Crippen LogP contribution in [-0.4, -0.2) is 31.3 Å². The van der Waals surface area contributed by atoms with Crippen LogP contribution in [0.1, 0.15) is 25.0 Å². The Morgan fingerprint density at radius 3 is 2.42 bits per heavy atom. The van der Waals surface area contributed by atoms with Crippen LogP contribution in [-0.2, 0) is 21.0 Å². The largest absolute Gasteiger partial charge is 0.480 e. The maximum atomic E-state index is 14.0. The Kier molecular flexibility index (Phi) is 5.48. The van der Waals surface area contributed by atoms with Gasteiger partial charge in [-0.3, -0.25) is 4.79 Å². The fraction of sp³-hybridized carbons (Fsp3) is 0.300. The summed E-state index contributed by atoms with van der Waals surface area (Å²) in [6.45, 7) is 2.64. The molecule has 0 N–H and O–H groups in total. The van der Waals surface area contributed by atoms with Crippen molar-refractivity contribution < 1.29 is 35.5 Å². The molecule has 11 heteroatoms. The number of benzene rings is 2. The topological polar surface area (TPSA) is 87.5 Å². The smallest absolute Gasteiger partial charge is 0.417 e. The van der Waals surface area contributed by atoms with Gasteiger partial charge >= 0.3 is 6.18 Å². The van der Waals surface area contributed by atoms with Crippen LogP contribution in [0.15, 0.2) is 47.4 Å². The predicted octanol–water partition coefficient (Wildman–Crippen LogP) is 3.72. The third-order valence-electron chi connectivity index (χ3n) is 4.81. The first-order chi connectivity index (χ1) is 14.3. The molecule has 1 aliphatic rings. The molecule has 6 nitrogen and oxygen atoms in total. The van der Waals surface area contributed by atoms with E-state index in [9.17, 15) is 30.8 Å². The highest BCUT2D eigenvalue weighted by Crippen LogP contribution is 2.39. The van der Waals surface area contributed by atoms with Crippen molar-refractivity contribution in [3.8, 4) is 11.8 Å². The summed E-state index contributed by atoms with van der Waals surface area (Å²) >= 11 is 0. The molecule has 0 bridgehead atoms. The van der Waals surface area contributed by atoms with Gasteiger partial charge in [-0.1, -0.05) is 26.0 Å². The zero-order valence-corrected chi connectivity index (χ0v) is 17.1. The SMILES string of the molecule is CC1(C)CN(S(=O)(=O)c2ccccc2F)C(=O)C1Oc1ccc(C#N)c(C(F)(F)F)c1. The van der Waals surface area contributed by atoms with Gasteiger partial charge in [0.2, 0.25) is 0 Å². The number of rotatable bonds is 4. The van der Waals surface area contributed by atoms with Gasteiger partial charge in [0.15, 0.2) is 6.10 Å². The average Bonchev–Trinajstić information content (AvgIpc) is 2.91. The van der Waals surface area contributed by atoms with E-state index in [0.717, 1.165) is 24.3 Å². The molecule has 1 heterocycles. The molecular weight excluding hydrogens is 440 g/mol. The number of carbonyl (C=O) groups excluding carboxylic acids is 1. The number of amides is 1. The third kappa shape index (κ3) is 4.07. The number of sulfonamides is 1. The summed E-state index contributed by atoms with van der Waals surface area (Å²) in [4.78, 5) is 12.2. The predicted molar refractivity (Wildman–Crippen MR) is 99.7 cm³/mol. The first-order valence-corrected chi connectivity index (χ1v) is 10.3. The van der Waals surface area contributed by atoms with E-state index in [2.05, 4.69) is 0 Å². The minimum absolute atomic E-state index is 0.358. The second-order valence-electron chi connectivity index (χ2n) is 7.58. The average molecular weight is 456 g/mol. The van der Waals surface area contributed by atoms with E-state index in [4.69, 9.17) is 10.00 Å². The summed E-state index contributed by atoms with van der Waals surface area (Å²) in [5.41, 5.74) is -3.01. The van der Waals surface area contributed by atoms with Crippen molar-refractivity contribution in [3.05, 3.63) is 59.4 Å². The number of nitrogens with zero attached hydrogens (tertiary/aromatic N) is 2. The van der Waals surface area contributed by atoms with E-state index in [1.165, 1.54) is 32.0 Å². The maximum Gasteiger partial charge on any atom is 0.417 e. The molecule has 0 radical (unpaired) electrons. The van der Waals surface area contributed by atoms with Crippen molar-refractivity contribution in [1.82, 2.24) is 4.31 Å². The first-order valence-electron chi connectivity index (χ1n) is 8.88. The normalized spacial score (nSPS) is 18.7. The lowest BCUT2D eigenvalue weighted by molar-refractivity contribution is -0.137. The quantitative estimate of drug-likeness (QED) is 0.655. The molecule has 2 aromatic rings. The summed E-state index contributed by atoms with van der Waals surface area (Å²) in [5.74, 6) is -2.44. The molecule has 3 rings (SSSR count). The van der Waals surface area contributed by atoms with E-state index >= 15 is 0 Å². The molecule has 1 saturated heterocycles. The van der Waals surface area contributed by atoms with Crippen molar-refractivity contribution >= 4 is 15.9 Å². The second kappa shape index (κ2) is 7.53. The van der Waals surface area contributed by atoms with E-state index in [-0.39, 0.29) is 12.3 Å². The molecule has 2 aromatic carbocycles. The Morgan fingerprint density at radius 1 is 1.19 bits per heavy atom. The molecule has 1 amide bonds. The van der Waals surface area contributed by atoms with Crippen molar-refractivity contribution in [3.63, 3.8) is 0 Å². The molecule has 164 valence electrons. The zero-order chi connectivity index (χ0) is 23.2. The molecule has 1 fully saturated rings. The van der Waals surface area contributed by atoms with Gasteiger partial charge < -0.3 is 4.74 Å². The molecular formula is C20H16F4N2O4S. The van der Waals surface area contributed by atoms with E-state index in [1.807, 2.05) is 0 Å². The van der Waals surface area contributed by atoms with Gasteiger partial charge in [0.25, 0.3) is 15.9 Å². The lowest BCUT2D eigenvalue weighted by atomic mass is 9.89. The number of halogens is 4. The first kappa shape index (κ1) is 22.6. The second-order valence-corrected chi connectivity index (χ2v) is 9.41. The highest BCUT2D eigenvalue weighted by atomic mass is 32.2. The van der Waals surface area contributed by atoms with Crippen molar-refractivity contribution in [2.75, 3.05) is 6.54 Å². The van der Waals surface area contributed by atoms with Gasteiger partial charge in [-0.2, -0.15) is 18.4 Å². The Bertz CT molecular complexity index is 1190. The van der Waals surface area contributed by atoms with E-state index in [1.54, 1.807) is 0 Å². The van der Waals surface area contributed by atoms with Gasteiger partial charge in [-0.15, -0.1) is 0 Å². The van der Waals surface area contributed by atoms with Crippen LogP contribution in [0.25, 0.3) is 0 Å². The lowest BCUT2D eigenvalue weighted by Crippen LogP contribution is -2.38. The van der Waals surface area contributed by atoms with Crippen molar-refractivity contribution in [2.24, 2.45) is 5.41 Å². The van der Waals surface area contributed by atoms with Crippen LogP contribution in [0.3, 0.4) is 0 Å². The van der Waals surface area contributed by atoms with Crippen LogP contribution in [0.5, 0.6) is 5.75 Å². The highest BCUT2D eigenvalue weighted by Gasteiger charge is 2.53. The fourth-order valence-corrected chi connectivity index (χ4v) is 4.88. The Morgan fingerprint density at radius 2 is 1.84 bits per heavy atom. The molecule has 0 aliphatic carbocycles. The fourth-order valence-electron chi connectivity index (χ4n) is 3.25. The van der Waals surface area contributed by atoms with Crippen LogP contribution in [0.2, 0.25) is 0 Å². The molecule has 1 unspecified atom stereocenters. The number of alkyl halides is 3. The van der Waals surface area contributed by atoms with Gasteiger partial charge in [0, 0.05) is 12.0 Å². The number of ether oxygens (including phenoxy) is 1. The van der Waals surface area contributed by atoms with Crippen LogP contribution in [0, 0.1) is 22.6 Å². The molecule has 1 aliphatic heterocycles. The number of hydrogen-bond acceptors (Lipinski definition) is 5. The Hall–Kier alpha value is -3.13.